The van der Waals surface area contributed by atoms with Crippen LogP contribution in [0.3, 0.4) is 0 Å². The van der Waals surface area contributed by atoms with Gasteiger partial charge in [-0.25, -0.2) is 9.18 Å². The molecule has 4 rings (SSSR count). The number of hydrogen-bond donors (Lipinski definition) is 1. The van der Waals surface area contributed by atoms with Crippen LogP contribution in [0.2, 0.25) is 0 Å². The van der Waals surface area contributed by atoms with Crippen molar-refractivity contribution < 1.29 is 18.4 Å². The summed E-state index contributed by atoms with van der Waals surface area (Å²) in [5.41, 5.74) is 0.418. The molecule has 2 fully saturated rings. The lowest BCUT2D eigenvalue weighted by Gasteiger charge is -2.48. The van der Waals surface area contributed by atoms with E-state index in [2.05, 4.69) is 22.3 Å². The Bertz CT molecular complexity index is 826. The smallest absolute Gasteiger partial charge is 0.323 e. The number of carbonyl (C=O) groups is 1. The van der Waals surface area contributed by atoms with Gasteiger partial charge in [0.2, 0.25) is 0 Å². The van der Waals surface area contributed by atoms with E-state index in [9.17, 15) is 9.18 Å². The first-order valence-electron chi connectivity index (χ1n) is 9.65. The van der Waals surface area contributed by atoms with E-state index in [0.717, 1.165) is 39.1 Å². The van der Waals surface area contributed by atoms with E-state index in [-0.39, 0.29) is 23.1 Å². The Kier molecular flexibility index (Phi) is 5.32. The largest absolute Gasteiger partial charge is 0.379 e. The van der Waals surface area contributed by atoms with Crippen molar-refractivity contribution in [2.24, 2.45) is 0 Å². The van der Waals surface area contributed by atoms with Crippen molar-refractivity contribution in [3.05, 3.63) is 36.1 Å². The summed E-state index contributed by atoms with van der Waals surface area (Å²) in [7, 11) is 0. The number of halogens is 1. The first-order chi connectivity index (χ1) is 13.5. The number of nitrogens with zero attached hydrogens (tertiary/aromatic N) is 3. The zero-order valence-electron chi connectivity index (χ0n) is 16.0. The molecule has 2 aromatic rings. The summed E-state index contributed by atoms with van der Waals surface area (Å²) < 4.78 is 24.5. The number of ether oxygens (including phenoxy) is 1. The van der Waals surface area contributed by atoms with Gasteiger partial charge < -0.3 is 14.2 Å². The fourth-order valence-corrected chi connectivity index (χ4v) is 3.92. The molecule has 3 heterocycles. The van der Waals surface area contributed by atoms with Gasteiger partial charge in [-0.15, -0.1) is 0 Å². The number of carbonyl (C=O) groups excluding carboxylic acids is 1. The number of anilines is 1. The van der Waals surface area contributed by atoms with Gasteiger partial charge in [0.05, 0.1) is 18.8 Å². The van der Waals surface area contributed by atoms with Crippen molar-refractivity contribution in [1.82, 2.24) is 15.0 Å². The standard InChI is InChI=1S/C20H25FN4O3/c1-20(25-10-12-27-13-11-25)6-8-24(9-7-20)19(26)22-18-14-17(28-23-18)15-4-2-3-5-16(15)21/h2-5,14H,6-13H2,1H3,(H,22,23,26). The molecule has 0 bridgehead atoms. The Morgan fingerprint density at radius 1 is 1.18 bits per heavy atom. The van der Waals surface area contributed by atoms with Crippen molar-refractivity contribution in [1.29, 1.82) is 0 Å². The highest BCUT2D eigenvalue weighted by Crippen LogP contribution is 2.30. The third-order valence-corrected chi connectivity index (χ3v) is 5.79. The highest BCUT2D eigenvalue weighted by atomic mass is 19.1. The van der Waals surface area contributed by atoms with Crippen molar-refractivity contribution in [3.8, 4) is 11.3 Å². The summed E-state index contributed by atoms with van der Waals surface area (Å²) in [4.78, 5) is 16.9. The van der Waals surface area contributed by atoms with Gasteiger partial charge >= 0.3 is 6.03 Å². The molecule has 0 unspecified atom stereocenters. The van der Waals surface area contributed by atoms with Crippen molar-refractivity contribution >= 4 is 11.8 Å². The lowest BCUT2D eigenvalue weighted by atomic mass is 9.87. The summed E-state index contributed by atoms with van der Waals surface area (Å²) in [6, 6.07) is 7.63. The maximum Gasteiger partial charge on any atom is 0.323 e. The summed E-state index contributed by atoms with van der Waals surface area (Å²) in [6.07, 6.45) is 1.83. The van der Waals surface area contributed by atoms with Crippen LogP contribution in [0.25, 0.3) is 11.3 Å². The first kappa shape index (κ1) is 18.9. The monoisotopic (exact) mass is 388 g/mol. The number of aromatic nitrogens is 1. The number of rotatable bonds is 3. The molecule has 0 aliphatic carbocycles. The Morgan fingerprint density at radius 3 is 2.61 bits per heavy atom. The zero-order valence-corrected chi connectivity index (χ0v) is 16.0. The quantitative estimate of drug-likeness (QED) is 0.874. The minimum atomic E-state index is -0.394. The van der Waals surface area contributed by atoms with E-state index >= 15 is 0 Å². The van der Waals surface area contributed by atoms with Gasteiger partial charge in [-0.3, -0.25) is 10.2 Å². The minimum absolute atomic E-state index is 0.104. The highest BCUT2D eigenvalue weighted by Gasteiger charge is 2.37. The van der Waals surface area contributed by atoms with E-state index < -0.39 is 5.82 Å². The molecule has 2 saturated heterocycles. The topological polar surface area (TPSA) is 70.8 Å². The van der Waals surface area contributed by atoms with Gasteiger partial charge in [-0.1, -0.05) is 17.3 Å². The Balaban J connectivity index is 1.34. The van der Waals surface area contributed by atoms with E-state index in [1.165, 1.54) is 12.1 Å². The molecule has 2 aliphatic rings. The first-order valence-corrected chi connectivity index (χ1v) is 9.65. The van der Waals surface area contributed by atoms with Gasteiger partial charge in [0.25, 0.3) is 0 Å². The van der Waals surface area contributed by atoms with Crippen LogP contribution in [0.15, 0.2) is 34.9 Å². The van der Waals surface area contributed by atoms with Crippen LogP contribution in [0.1, 0.15) is 19.8 Å². The number of amides is 2. The molecule has 0 saturated carbocycles. The molecule has 2 amide bonds. The maximum absolute atomic E-state index is 13.9. The molecule has 2 aliphatic heterocycles. The molecule has 0 radical (unpaired) electrons. The van der Waals surface area contributed by atoms with Crippen LogP contribution in [-0.2, 0) is 4.74 Å². The lowest BCUT2D eigenvalue weighted by molar-refractivity contribution is -0.0352. The van der Waals surface area contributed by atoms with E-state index in [0.29, 0.717) is 18.7 Å². The van der Waals surface area contributed by atoms with Gasteiger partial charge in [0.1, 0.15) is 5.82 Å². The van der Waals surface area contributed by atoms with Crippen LogP contribution in [0.4, 0.5) is 15.0 Å². The SMILES string of the molecule is CC1(N2CCOCC2)CCN(C(=O)Nc2cc(-c3ccccc3F)on2)CC1. The van der Waals surface area contributed by atoms with E-state index in [1.807, 2.05) is 0 Å². The average molecular weight is 388 g/mol. The fraction of sp³-hybridized carbons (Fsp3) is 0.500. The Hall–Kier alpha value is -2.45. The number of hydrogen-bond acceptors (Lipinski definition) is 5. The molecular formula is C20H25FN4O3. The third kappa shape index (κ3) is 3.88. The number of morpholine rings is 1. The second kappa shape index (κ2) is 7.89. The molecular weight excluding hydrogens is 363 g/mol. The predicted molar refractivity (Wildman–Crippen MR) is 103 cm³/mol. The van der Waals surface area contributed by atoms with E-state index in [1.54, 1.807) is 23.1 Å². The number of nitrogens with one attached hydrogen (secondary N) is 1. The molecule has 1 aromatic carbocycles. The molecule has 150 valence electrons. The number of urea groups is 1. The lowest BCUT2D eigenvalue weighted by Crippen LogP contribution is -2.57. The second-order valence-electron chi connectivity index (χ2n) is 7.57. The molecule has 1 aromatic heterocycles. The minimum Gasteiger partial charge on any atom is -0.379 e. The molecule has 28 heavy (non-hydrogen) atoms. The van der Waals surface area contributed by atoms with Crippen molar-refractivity contribution in [2.45, 2.75) is 25.3 Å². The molecule has 8 heteroatoms. The third-order valence-electron chi connectivity index (χ3n) is 5.79. The summed E-state index contributed by atoms with van der Waals surface area (Å²) >= 11 is 0. The summed E-state index contributed by atoms with van der Waals surface area (Å²) in [5, 5.41) is 6.60. The normalized spacial score (nSPS) is 20.1. The second-order valence-corrected chi connectivity index (χ2v) is 7.57. The summed E-state index contributed by atoms with van der Waals surface area (Å²) in [5.74, 6) is 0.173. The molecule has 0 spiro atoms. The predicted octanol–water partition coefficient (Wildman–Crippen LogP) is 3.20. The fourth-order valence-electron chi connectivity index (χ4n) is 3.92. The van der Waals surface area contributed by atoms with Crippen LogP contribution in [0, 0.1) is 5.82 Å². The van der Waals surface area contributed by atoms with E-state index in [4.69, 9.17) is 9.26 Å². The zero-order chi connectivity index (χ0) is 19.6. The number of likely N-dealkylation sites (tertiary alicyclic amines) is 1. The van der Waals surface area contributed by atoms with Gasteiger partial charge in [-0.05, 0) is 31.9 Å². The molecule has 1 N–H and O–H groups in total. The Labute approximate surface area is 163 Å². The maximum atomic E-state index is 13.9. The number of piperidine rings is 1. The van der Waals surface area contributed by atoms with Crippen LogP contribution < -0.4 is 5.32 Å². The van der Waals surface area contributed by atoms with Crippen molar-refractivity contribution in [3.63, 3.8) is 0 Å². The average Bonchev–Trinajstić information content (AvgIpc) is 3.17. The molecule has 7 nitrogen and oxygen atoms in total. The van der Waals surface area contributed by atoms with Crippen LogP contribution >= 0.6 is 0 Å². The van der Waals surface area contributed by atoms with Gasteiger partial charge in [-0.2, -0.15) is 0 Å². The van der Waals surface area contributed by atoms with Gasteiger partial charge in [0, 0.05) is 37.8 Å². The number of benzene rings is 1. The highest BCUT2D eigenvalue weighted by molar-refractivity contribution is 5.88. The van der Waals surface area contributed by atoms with Crippen LogP contribution in [0.5, 0.6) is 0 Å². The summed E-state index contributed by atoms with van der Waals surface area (Å²) in [6.45, 7) is 7.06. The van der Waals surface area contributed by atoms with Crippen molar-refractivity contribution in [2.75, 3.05) is 44.7 Å². The van der Waals surface area contributed by atoms with Gasteiger partial charge in [0.15, 0.2) is 11.6 Å². The van der Waals surface area contributed by atoms with Crippen LogP contribution in [-0.4, -0.2) is 65.9 Å². The Morgan fingerprint density at radius 2 is 1.89 bits per heavy atom. The molecule has 0 atom stereocenters.